The zero-order valence-electron chi connectivity index (χ0n) is 12.4. The lowest BCUT2D eigenvalue weighted by Gasteiger charge is -2.23. The average Bonchev–Trinajstić information content (AvgIpc) is 2.46. The van der Waals surface area contributed by atoms with E-state index in [-0.39, 0.29) is 10.9 Å². The number of sulfonamides is 1. The molecule has 20 heavy (non-hydrogen) atoms. The number of hydrogen-bond acceptors (Lipinski definition) is 4. The van der Waals surface area contributed by atoms with Gasteiger partial charge in [-0.1, -0.05) is 6.92 Å². The number of nitrogens with zero attached hydrogens (tertiary/aromatic N) is 1. The Bertz CT molecular complexity index is 500. The van der Waals surface area contributed by atoms with Crippen molar-refractivity contribution < 1.29 is 13.2 Å². The Labute approximate surface area is 121 Å². The molecule has 0 spiro atoms. The van der Waals surface area contributed by atoms with Crippen LogP contribution in [0, 0.1) is 0 Å². The number of hydrogen-bond donors (Lipinski definition) is 1. The lowest BCUT2D eigenvalue weighted by atomic mass is 10.3. The summed E-state index contributed by atoms with van der Waals surface area (Å²) in [5.41, 5.74) is 5.38. The van der Waals surface area contributed by atoms with Crippen molar-refractivity contribution in [1.82, 2.24) is 4.31 Å². The minimum Gasteiger partial charge on any atom is -0.494 e. The predicted molar refractivity (Wildman–Crippen MR) is 80.3 cm³/mol. The summed E-state index contributed by atoms with van der Waals surface area (Å²) in [7, 11) is -1.83. The molecule has 1 aromatic rings. The van der Waals surface area contributed by atoms with Gasteiger partial charge in [-0.25, -0.2) is 8.42 Å². The molecule has 0 radical (unpaired) electrons. The van der Waals surface area contributed by atoms with Crippen LogP contribution in [0.15, 0.2) is 29.2 Å². The summed E-state index contributed by atoms with van der Waals surface area (Å²) in [6.07, 6.45) is 1.55. The molecule has 1 atom stereocenters. The van der Waals surface area contributed by atoms with E-state index in [1.807, 2.05) is 13.8 Å². The van der Waals surface area contributed by atoms with Gasteiger partial charge in [0.2, 0.25) is 10.0 Å². The maximum absolute atomic E-state index is 12.4. The van der Waals surface area contributed by atoms with Crippen LogP contribution < -0.4 is 10.5 Å². The Morgan fingerprint density at radius 1 is 1.30 bits per heavy atom. The van der Waals surface area contributed by atoms with Crippen molar-refractivity contribution in [2.75, 3.05) is 20.2 Å². The summed E-state index contributed by atoms with van der Waals surface area (Å²) in [6, 6.07) is 6.47. The van der Waals surface area contributed by atoms with Crippen molar-refractivity contribution in [2.24, 2.45) is 5.73 Å². The number of nitrogens with two attached hydrogens (primary N) is 1. The molecule has 1 rings (SSSR count). The first-order chi connectivity index (χ1) is 9.43. The summed E-state index contributed by atoms with van der Waals surface area (Å²) in [5, 5.41) is 0. The molecule has 0 aliphatic rings. The second-order valence-electron chi connectivity index (χ2n) is 4.74. The van der Waals surface area contributed by atoms with Crippen molar-refractivity contribution in [1.29, 1.82) is 0 Å². The largest absolute Gasteiger partial charge is 0.494 e. The van der Waals surface area contributed by atoms with E-state index in [4.69, 9.17) is 10.5 Å². The molecule has 0 aliphatic heterocycles. The van der Waals surface area contributed by atoms with Gasteiger partial charge in [0.05, 0.1) is 11.5 Å². The fraction of sp³-hybridized carbons (Fsp3) is 0.571. The quantitative estimate of drug-likeness (QED) is 0.743. The van der Waals surface area contributed by atoms with Gasteiger partial charge in [0.25, 0.3) is 0 Å². The summed E-state index contributed by atoms with van der Waals surface area (Å²) in [5.74, 6) is 0.656. The van der Waals surface area contributed by atoms with Gasteiger partial charge in [-0.2, -0.15) is 4.31 Å². The van der Waals surface area contributed by atoms with Crippen LogP contribution in [0.5, 0.6) is 5.75 Å². The SMILES string of the molecule is CCC(C)N(C)S(=O)(=O)c1ccc(OCCCN)cc1. The Morgan fingerprint density at radius 2 is 1.90 bits per heavy atom. The predicted octanol–water partition coefficient (Wildman–Crippen LogP) is 1.83. The van der Waals surface area contributed by atoms with Crippen LogP contribution in [0.4, 0.5) is 0 Å². The molecule has 0 bridgehead atoms. The van der Waals surface area contributed by atoms with Gasteiger partial charge < -0.3 is 10.5 Å². The molecular formula is C14H24N2O3S. The van der Waals surface area contributed by atoms with Crippen LogP contribution in [0.2, 0.25) is 0 Å². The van der Waals surface area contributed by atoms with E-state index in [0.29, 0.717) is 18.9 Å². The molecule has 1 aromatic carbocycles. The third-order valence-corrected chi connectivity index (χ3v) is 5.32. The van der Waals surface area contributed by atoms with Gasteiger partial charge >= 0.3 is 0 Å². The summed E-state index contributed by atoms with van der Waals surface area (Å²) in [4.78, 5) is 0.284. The van der Waals surface area contributed by atoms with Crippen molar-refractivity contribution >= 4 is 10.0 Å². The third kappa shape index (κ3) is 4.19. The van der Waals surface area contributed by atoms with Gasteiger partial charge in [-0.3, -0.25) is 0 Å². The smallest absolute Gasteiger partial charge is 0.243 e. The molecule has 0 aliphatic carbocycles. The second kappa shape index (κ2) is 7.61. The van der Waals surface area contributed by atoms with Crippen LogP contribution >= 0.6 is 0 Å². The molecule has 0 amide bonds. The standard InChI is InChI=1S/C14H24N2O3S/c1-4-12(2)16(3)20(17,18)14-8-6-13(7-9-14)19-11-5-10-15/h6-9,12H,4-5,10-11,15H2,1-3H3. The number of benzene rings is 1. The second-order valence-corrected chi connectivity index (χ2v) is 6.74. The molecule has 0 saturated carbocycles. The van der Waals surface area contributed by atoms with Gasteiger partial charge in [0.1, 0.15) is 5.75 Å². The highest BCUT2D eigenvalue weighted by Crippen LogP contribution is 2.20. The Hall–Kier alpha value is -1.11. The normalized spacial score (nSPS) is 13.4. The topological polar surface area (TPSA) is 72.6 Å². The molecule has 0 aromatic heterocycles. The van der Waals surface area contributed by atoms with E-state index in [0.717, 1.165) is 12.8 Å². The van der Waals surface area contributed by atoms with Crippen molar-refractivity contribution in [2.45, 2.75) is 37.6 Å². The number of rotatable bonds is 8. The van der Waals surface area contributed by atoms with Gasteiger partial charge in [-0.15, -0.1) is 0 Å². The zero-order valence-corrected chi connectivity index (χ0v) is 13.2. The minimum atomic E-state index is -3.43. The minimum absolute atomic E-state index is 0.0273. The molecule has 1 unspecified atom stereocenters. The maximum atomic E-state index is 12.4. The van der Waals surface area contributed by atoms with E-state index in [9.17, 15) is 8.42 Å². The lowest BCUT2D eigenvalue weighted by molar-refractivity contribution is 0.313. The van der Waals surface area contributed by atoms with Crippen LogP contribution in [0.3, 0.4) is 0 Å². The van der Waals surface area contributed by atoms with Crippen LogP contribution in [0.1, 0.15) is 26.7 Å². The molecule has 114 valence electrons. The van der Waals surface area contributed by atoms with Crippen molar-refractivity contribution in [3.05, 3.63) is 24.3 Å². The molecule has 2 N–H and O–H groups in total. The zero-order chi connectivity index (χ0) is 15.2. The first kappa shape index (κ1) is 16.9. The monoisotopic (exact) mass is 300 g/mol. The van der Waals surface area contributed by atoms with Crippen molar-refractivity contribution in [3.63, 3.8) is 0 Å². The molecular weight excluding hydrogens is 276 g/mol. The van der Waals surface area contributed by atoms with E-state index in [1.165, 1.54) is 4.31 Å². The summed E-state index contributed by atoms with van der Waals surface area (Å²) in [6.45, 7) is 4.97. The fourth-order valence-electron chi connectivity index (χ4n) is 1.64. The van der Waals surface area contributed by atoms with Crippen LogP contribution in [0.25, 0.3) is 0 Å². The Balaban J connectivity index is 2.81. The number of ether oxygens (including phenoxy) is 1. The van der Waals surface area contributed by atoms with E-state index in [1.54, 1.807) is 31.3 Å². The highest BCUT2D eigenvalue weighted by atomic mass is 32.2. The highest BCUT2D eigenvalue weighted by Gasteiger charge is 2.24. The first-order valence-corrected chi connectivity index (χ1v) is 8.28. The maximum Gasteiger partial charge on any atom is 0.243 e. The van der Waals surface area contributed by atoms with Crippen molar-refractivity contribution in [3.8, 4) is 5.75 Å². The summed E-state index contributed by atoms with van der Waals surface area (Å²) < 4.78 is 31.6. The highest BCUT2D eigenvalue weighted by molar-refractivity contribution is 7.89. The summed E-state index contributed by atoms with van der Waals surface area (Å²) >= 11 is 0. The molecule has 0 fully saturated rings. The lowest BCUT2D eigenvalue weighted by Crippen LogP contribution is -2.34. The Kier molecular flexibility index (Phi) is 6.45. The molecule has 5 nitrogen and oxygen atoms in total. The average molecular weight is 300 g/mol. The molecule has 0 heterocycles. The molecule has 6 heteroatoms. The fourth-order valence-corrected chi connectivity index (χ4v) is 3.08. The van der Waals surface area contributed by atoms with Gasteiger partial charge in [0.15, 0.2) is 0 Å². The van der Waals surface area contributed by atoms with E-state index >= 15 is 0 Å². The molecule has 0 saturated heterocycles. The van der Waals surface area contributed by atoms with Crippen LogP contribution in [-0.2, 0) is 10.0 Å². The van der Waals surface area contributed by atoms with Crippen LogP contribution in [-0.4, -0.2) is 39.0 Å². The van der Waals surface area contributed by atoms with Gasteiger partial charge in [0, 0.05) is 13.1 Å². The van der Waals surface area contributed by atoms with E-state index in [2.05, 4.69) is 0 Å². The first-order valence-electron chi connectivity index (χ1n) is 6.84. The third-order valence-electron chi connectivity index (χ3n) is 3.33. The van der Waals surface area contributed by atoms with Gasteiger partial charge in [-0.05, 0) is 50.6 Å². The Morgan fingerprint density at radius 3 is 2.40 bits per heavy atom. The van der Waals surface area contributed by atoms with E-state index < -0.39 is 10.0 Å².